The number of carbonyl (C=O) groups excluding carboxylic acids is 1. The van der Waals surface area contributed by atoms with Gasteiger partial charge < -0.3 is 23.6 Å². The third-order valence-corrected chi connectivity index (χ3v) is 7.63. The predicted molar refractivity (Wildman–Crippen MR) is 136 cm³/mol. The maximum atomic E-state index is 13.2. The minimum atomic E-state index is -4.72. The second kappa shape index (κ2) is 12.0. The van der Waals surface area contributed by atoms with Crippen LogP contribution in [0.1, 0.15) is 49.0 Å². The number of nitrogens with zero attached hydrogens (tertiary/aromatic N) is 1. The first kappa shape index (κ1) is 28.3. The van der Waals surface area contributed by atoms with Crippen LogP contribution in [-0.4, -0.2) is 32.5 Å². The highest BCUT2D eigenvalue weighted by Crippen LogP contribution is 2.34. The highest BCUT2D eigenvalue weighted by molar-refractivity contribution is 7.87. The molecule has 0 spiro atoms. The van der Waals surface area contributed by atoms with Crippen LogP contribution in [0.15, 0.2) is 70.2 Å². The Morgan fingerprint density at radius 2 is 1.79 bits per heavy atom. The van der Waals surface area contributed by atoms with Crippen molar-refractivity contribution in [2.45, 2.75) is 62.3 Å². The van der Waals surface area contributed by atoms with Crippen molar-refractivity contribution in [2.24, 2.45) is 0 Å². The number of hydrogen-bond donors (Lipinski definition) is 1. The van der Waals surface area contributed by atoms with Crippen LogP contribution >= 0.6 is 0 Å². The zero-order valence-corrected chi connectivity index (χ0v) is 22.1. The fraction of sp³-hybridized carbons (Fsp3) is 0.370. The first-order valence-corrected chi connectivity index (χ1v) is 13.8. The molecule has 4 rings (SSSR count). The maximum Gasteiger partial charge on any atom is 0.416 e. The minimum absolute atomic E-state index is 0.0542. The van der Waals surface area contributed by atoms with Gasteiger partial charge in [0, 0.05) is 12.6 Å². The summed E-state index contributed by atoms with van der Waals surface area (Å²) in [6.07, 6.45) is 1.80. The Kier molecular flexibility index (Phi) is 8.73. The normalized spacial score (nSPS) is 14.6. The van der Waals surface area contributed by atoms with Crippen molar-refractivity contribution < 1.29 is 39.7 Å². The Hall–Kier alpha value is -3.67. The van der Waals surface area contributed by atoms with E-state index in [0.717, 1.165) is 50.3 Å². The first-order valence-electron chi connectivity index (χ1n) is 12.4. The number of urea groups is 1. The molecule has 1 fully saturated rings. The molecule has 2 amide bonds. The molecular formula is C27H29F3N2O6S. The van der Waals surface area contributed by atoms with Gasteiger partial charge in [0.25, 0.3) is 0 Å². The molecule has 3 aromatic rings. The molecular weight excluding hydrogens is 537 g/mol. The molecule has 1 saturated carbocycles. The number of hydrogen-bond acceptors (Lipinski definition) is 6. The van der Waals surface area contributed by atoms with Crippen LogP contribution in [0.5, 0.6) is 11.5 Å². The van der Waals surface area contributed by atoms with Gasteiger partial charge in [-0.2, -0.15) is 21.6 Å². The first-order chi connectivity index (χ1) is 18.5. The summed E-state index contributed by atoms with van der Waals surface area (Å²) in [5, 5.41) is 3.07. The van der Waals surface area contributed by atoms with E-state index in [2.05, 4.69) is 5.32 Å². The van der Waals surface area contributed by atoms with Gasteiger partial charge in [-0.1, -0.05) is 31.4 Å². The van der Waals surface area contributed by atoms with E-state index in [4.69, 9.17) is 13.3 Å². The standard InChI is InChI=1S/C27H29F3N2O6S/c1-36-24-13-12-19(15-25(24)38-39(34,35)23-11-5-7-20(16-23)27(28,29)30)17-32(18-22-10-6-14-37-22)26(33)31-21-8-3-2-4-9-21/h5-7,10-16,21H,2-4,8-9,17-18H2,1H3,(H,31,33). The fourth-order valence-electron chi connectivity index (χ4n) is 4.40. The van der Waals surface area contributed by atoms with Gasteiger partial charge in [-0.3, -0.25) is 0 Å². The minimum Gasteiger partial charge on any atom is -0.493 e. The molecule has 1 aliphatic rings. The van der Waals surface area contributed by atoms with E-state index in [9.17, 15) is 26.4 Å². The Labute approximate surface area is 224 Å². The molecule has 1 aromatic heterocycles. The van der Waals surface area contributed by atoms with Crippen LogP contribution in [0.4, 0.5) is 18.0 Å². The average Bonchev–Trinajstić information content (AvgIpc) is 3.42. The number of rotatable bonds is 9. The lowest BCUT2D eigenvalue weighted by molar-refractivity contribution is -0.137. The second-order valence-corrected chi connectivity index (χ2v) is 10.8. The van der Waals surface area contributed by atoms with Gasteiger partial charge in [0.2, 0.25) is 0 Å². The van der Waals surface area contributed by atoms with Gasteiger partial charge in [0.05, 0.1) is 25.5 Å². The third kappa shape index (κ3) is 7.47. The summed E-state index contributed by atoms with van der Waals surface area (Å²) in [5.41, 5.74) is -0.610. The van der Waals surface area contributed by atoms with Crippen molar-refractivity contribution in [3.63, 3.8) is 0 Å². The van der Waals surface area contributed by atoms with E-state index in [0.29, 0.717) is 17.4 Å². The molecule has 39 heavy (non-hydrogen) atoms. The maximum absolute atomic E-state index is 13.2. The molecule has 0 aliphatic heterocycles. The Bertz CT molecular complexity index is 1370. The van der Waals surface area contributed by atoms with E-state index in [1.54, 1.807) is 18.2 Å². The predicted octanol–water partition coefficient (Wildman–Crippen LogP) is 6.12. The van der Waals surface area contributed by atoms with E-state index >= 15 is 0 Å². The molecule has 0 unspecified atom stereocenters. The number of furan rings is 1. The number of carbonyl (C=O) groups is 1. The van der Waals surface area contributed by atoms with Crippen LogP contribution in [0.2, 0.25) is 0 Å². The quantitative estimate of drug-likeness (QED) is 0.314. The van der Waals surface area contributed by atoms with Crippen LogP contribution in [-0.2, 0) is 29.4 Å². The van der Waals surface area contributed by atoms with Crippen molar-refractivity contribution >= 4 is 16.1 Å². The second-order valence-electron chi connectivity index (χ2n) is 9.27. The molecule has 0 bridgehead atoms. The molecule has 12 heteroatoms. The van der Waals surface area contributed by atoms with Crippen molar-refractivity contribution in [3.8, 4) is 11.5 Å². The smallest absolute Gasteiger partial charge is 0.416 e. The number of alkyl halides is 3. The molecule has 0 saturated heterocycles. The zero-order chi connectivity index (χ0) is 28.0. The summed E-state index contributed by atoms with van der Waals surface area (Å²) in [6.45, 7) is 0.236. The highest BCUT2D eigenvalue weighted by atomic mass is 32.2. The Morgan fingerprint density at radius 3 is 2.46 bits per heavy atom. The third-order valence-electron chi connectivity index (χ3n) is 6.40. The molecule has 1 heterocycles. The summed E-state index contributed by atoms with van der Waals surface area (Å²) in [7, 11) is -3.33. The lowest BCUT2D eigenvalue weighted by Crippen LogP contribution is -2.44. The van der Waals surface area contributed by atoms with Gasteiger partial charge in [0.1, 0.15) is 10.7 Å². The van der Waals surface area contributed by atoms with Crippen LogP contribution in [0.25, 0.3) is 0 Å². The molecule has 2 aromatic carbocycles. The topological polar surface area (TPSA) is 98.1 Å². The summed E-state index contributed by atoms with van der Waals surface area (Å²) < 4.78 is 81.0. The van der Waals surface area contributed by atoms with Gasteiger partial charge in [-0.15, -0.1) is 0 Å². The lowest BCUT2D eigenvalue weighted by Gasteiger charge is -2.28. The van der Waals surface area contributed by atoms with Crippen molar-refractivity contribution in [3.05, 3.63) is 77.7 Å². The molecule has 1 aliphatic carbocycles. The van der Waals surface area contributed by atoms with Crippen LogP contribution < -0.4 is 14.2 Å². The SMILES string of the molecule is COc1ccc(CN(Cc2ccco2)C(=O)NC2CCCCC2)cc1OS(=O)(=O)c1cccc(C(F)(F)F)c1. The number of amides is 2. The van der Waals surface area contributed by atoms with Crippen molar-refractivity contribution in [1.29, 1.82) is 0 Å². The lowest BCUT2D eigenvalue weighted by atomic mass is 9.96. The van der Waals surface area contributed by atoms with E-state index < -0.39 is 26.8 Å². The van der Waals surface area contributed by atoms with E-state index in [1.165, 1.54) is 30.4 Å². The molecule has 1 N–H and O–H groups in total. The molecule has 0 atom stereocenters. The fourth-order valence-corrected chi connectivity index (χ4v) is 5.38. The van der Waals surface area contributed by atoms with Crippen LogP contribution in [0.3, 0.4) is 0 Å². The van der Waals surface area contributed by atoms with Gasteiger partial charge in [0.15, 0.2) is 11.5 Å². The molecule has 8 nitrogen and oxygen atoms in total. The van der Waals surface area contributed by atoms with E-state index in [1.807, 2.05) is 0 Å². The zero-order valence-electron chi connectivity index (χ0n) is 21.2. The summed E-state index contributed by atoms with van der Waals surface area (Å²) in [5.74, 6) is 0.391. The average molecular weight is 567 g/mol. The highest BCUT2D eigenvalue weighted by Gasteiger charge is 2.32. The van der Waals surface area contributed by atoms with Gasteiger partial charge in [-0.05, 0) is 60.9 Å². The van der Waals surface area contributed by atoms with E-state index in [-0.39, 0.29) is 36.7 Å². The molecule has 210 valence electrons. The number of methoxy groups -OCH3 is 1. The number of benzene rings is 2. The van der Waals surface area contributed by atoms with Crippen LogP contribution in [0, 0.1) is 0 Å². The number of halogens is 3. The summed E-state index contributed by atoms with van der Waals surface area (Å²) in [6, 6.07) is 11.0. The van der Waals surface area contributed by atoms with Gasteiger partial charge in [-0.25, -0.2) is 4.79 Å². The molecule has 0 radical (unpaired) electrons. The van der Waals surface area contributed by atoms with Crippen molar-refractivity contribution in [1.82, 2.24) is 10.2 Å². The monoisotopic (exact) mass is 566 g/mol. The number of nitrogens with one attached hydrogen (secondary N) is 1. The Morgan fingerprint density at radius 1 is 1.03 bits per heavy atom. The van der Waals surface area contributed by atoms with Crippen molar-refractivity contribution in [2.75, 3.05) is 7.11 Å². The Balaban J connectivity index is 1.57. The van der Waals surface area contributed by atoms with Gasteiger partial charge >= 0.3 is 22.3 Å². The summed E-state index contributed by atoms with van der Waals surface area (Å²) >= 11 is 0. The largest absolute Gasteiger partial charge is 0.493 e. The summed E-state index contributed by atoms with van der Waals surface area (Å²) in [4.78, 5) is 14.1. The number of ether oxygens (including phenoxy) is 1.